The SMILES string of the molecule is COCC(O)CNc1cc2ccccc2c(Cl)n1. The van der Waals surface area contributed by atoms with Crippen molar-refractivity contribution in [2.75, 3.05) is 25.6 Å². The van der Waals surface area contributed by atoms with Gasteiger partial charge in [0.1, 0.15) is 11.0 Å². The molecule has 18 heavy (non-hydrogen) atoms. The highest BCUT2D eigenvalue weighted by Gasteiger charge is 2.06. The van der Waals surface area contributed by atoms with E-state index in [9.17, 15) is 5.11 Å². The number of aliphatic hydroxyl groups is 1. The molecule has 1 unspecified atom stereocenters. The Bertz CT molecular complexity index is 533. The van der Waals surface area contributed by atoms with Gasteiger partial charge in [-0.1, -0.05) is 35.9 Å². The smallest absolute Gasteiger partial charge is 0.139 e. The summed E-state index contributed by atoms with van der Waals surface area (Å²) in [6.45, 7) is 0.657. The predicted molar refractivity (Wildman–Crippen MR) is 73.1 cm³/mol. The van der Waals surface area contributed by atoms with Crippen LogP contribution < -0.4 is 5.32 Å². The minimum atomic E-state index is -0.568. The van der Waals surface area contributed by atoms with Crippen LogP contribution in [0.5, 0.6) is 0 Å². The van der Waals surface area contributed by atoms with Crippen molar-refractivity contribution >= 4 is 28.2 Å². The summed E-state index contributed by atoms with van der Waals surface area (Å²) in [7, 11) is 1.55. The molecule has 5 heteroatoms. The van der Waals surface area contributed by atoms with Gasteiger partial charge >= 0.3 is 0 Å². The molecule has 2 N–H and O–H groups in total. The van der Waals surface area contributed by atoms with Gasteiger partial charge in [-0.05, 0) is 11.5 Å². The quantitative estimate of drug-likeness (QED) is 0.816. The Morgan fingerprint density at radius 3 is 3.00 bits per heavy atom. The number of benzene rings is 1. The van der Waals surface area contributed by atoms with Gasteiger partial charge in [0.25, 0.3) is 0 Å². The number of pyridine rings is 1. The van der Waals surface area contributed by atoms with Crippen LogP contribution in [0, 0.1) is 0 Å². The first kappa shape index (κ1) is 13.1. The number of hydrogen-bond acceptors (Lipinski definition) is 4. The van der Waals surface area contributed by atoms with Crippen LogP contribution in [0.4, 0.5) is 5.82 Å². The maximum atomic E-state index is 9.54. The van der Waals surface area contributed by atoms with Crippen molar-refractivity contribution in [3.63, 3.8) is 0 Å². The van der Waals surface area contributed by atoms with E-state index in [1.165, 1.54) is 0 Å². The lowest BCUT2D eigenvalue weighted by molar-refractivity contribution is 0.0727. The summed E-state index contributed by atoms with van der Waals surface area (Å²) in [6, 6.07) is 9.67. The van der Waals surface area contributed by atoms with E-state index in [1.807, 2.05) is 30.3 Å². The van der Waals surface area contributed by atoms with Crippen molar-refractivity contribution in [3.8, 4) is 0 Å². The van der Waals surface area contributed by atoms with Crippen LogP contribution in [0.1, 0.15) is 0 Å². The summed E-state index contributed by atoms with van der Waals surface area (Å²) >= 11 is 6.10. The minimum Gasteiger partial charge on any atom is -0.389 e. The number of aromatic nitrogens is 1. The second kappa shape index (κ2) is 6.00. The number of ether oxygens (including phenoxy) is 1. The minimum absolute atomic E-state index is 0.286. The van der Waals surface area contributed by atoms with E-state index in [0.717, 1.165) is 10.8 Å². The molecule has 0 fully saturated rings. The third-order valence-corrected chi connectivity index (χ3v) is 2.86. The lowest BCUT2D eigenvalue weighted by Gasteiger charge is -2.12. The fourth-order valence-corrected chi connectivity index (χ4v) is 1.98. The maximum absolute atomic E-state index is 9.54. The molecule has 1 aromatic heterocycles. The molecule has 0 amide bonds. The first-order chi connectivity index (χ1) is 8.70. The zero-order valence-electron chi connectivity index (χ0n) is 10.1. The number of anilines is 1. The van der Waals surface area contributed by atoms with Crippen LogP contribution in [-0.4, -0.2) is 36.5 Å². The summed E-state index contributed by atoms with van der Waals surface area (Å²) in [4.78, 5) is 4.24. The Hall–Kier alpha value is -1.36. The van der Waals surface area contributed by atoms with E-state index in [1.54, 1.807) is 7.11 Å². The van der Waals surface area contributed by atoms with Gasteiger partial charge in [-0.2, -0.15) is 0 Å². The molecule has 0 aliphatic heterocycles. The van der Waals surface area contributed by atoms with Gasteiger partial charge in [-0.25, -0.2) is 4.98 Å². The van der Waals surface area contributed by atoms with Crippen LogP contribution in [-0.2, 0) is 4.74 Å². The average molecular weight is 267 g/mol. The number of hydrogen-bond donors (Lipinski definition) is 2. The molecule has 2 rings (SSSR count). The monoisotopic (exact) mass is 266 g/mol. The van der Waals surface area contributed by atoms with Crippen LogP contribution in [0.15, 0.2) is 30.3 Å². The number of rotatable bonds is 5. The van der Waals surface area contributed by atoms with Gasteiger partial charge in [0.2, 0.25) is 0 Å². The van der Waals surface area contributed by atoms with Crippen molar-refractivity contribution in [2.24, 2.45) is 0 Å². The van der Waals surface area contributed by atoms with Crippen molar-refractivity contribution in [1.29, 1.82) is 0 Å². The highest BCUT2D eigenvalue weighted by atomic mass is 35.5. The Labute approximate surface area is 111 Å². The predicted octanol–water partition coefficient (Wildman–Crippen LogP) is 2.31. The highest BCUT2D eigenvalue weighted by Crippen LogP contribution is 2.24. The summed E-state index contributed by atoms with van der Waals surface area (Å²) in [5, 5.41) is 15.0. The van der Waals surface area contributed by atoms with E-state index in [-0.39, 0.29) is 6.61 Å². The lowest BCUT2D eigenvalue weighted by Crippen LogP contribution is -2.24. The Balaban J connectivity index is 2.14. The molecule has 0 spiro atoms. The summed E-state index contributed by atoms with van der Waals surface area (Å²) in [5.41, 5.74) is 0. The second-order valence-corrected chi connectivity index (χ2v) is 4.37. The van der Waals surface area contributed by atoms with E-state index in [2.05, 4.69) is 10.3 Å². The maximum Gasteiger partial charge on any atom is 0.139 e. The van der Waals surface area contributed by atoms with Crippen LogP contribution in [0.2, 0.25) is 5.15 Å². The van der Waals surface area contributed by atoms with Gasteiger partial charge in [-0.3, -0.25) is 0 Å². The molecule has 0 radical (unpaired) electrons. The standard InChI is InChI=1S/C13H15ClN2O2/c1-18-8-10(17)7-15-12-6-9-4-2-3-5-11(9)13(14)16-12/h2-6,10,17H,7-8H2,1H3,(H,15,16). The fourth-order valence-electron chi connectivity index (χ4n) is 1.72. The normalized spacial score (nSPS) is 12.6. The van der Waals surface area contributed by atoms with Crippen molar-refractivity contribution < 1.29 is 9.84 Å². The molecule has 0 saturated carbocycles. The number of aliphatic hydroxyl groups excluding tert-OH is 1. The second-order valence-electron chi connectivity index (χ2n) is 4.01. The Morgan fingerprint density at radius 2 is 2.22 bits per heavy atom. The van der Waals surface area contributed by atoms with E-state index in [0.29, 0.717) is 17.5 Å². The highest BCUT2D eigenvalue weighted by molar-refractivity contribution is 6.34. The summed E-state index contributed by atoms with van der Waals surface area (Å²) in [5.74, 6) is 0.647. The molecule has 4 nitrogen and oxygen atoms in total. The number of nitrogens with zero attached hydrogens (tertiary/aromatic N) is 1. The molecule has 0 aliphatic carbocycles. The van der Waals surface area contributed by atoms with Crippen molar-refractivity contribution in [3.05, 3.63) is 35.5 Å². The Morgan fingerprint density at radius 1 is 1.44 bits per heavy atom. The van der Waals surface area contributed by atoms with E-state index in [4.69, 9.17) is 16.3 Å². The molecular weight excluding hydrogens is 252 g/mol. The molecule has 96 valence electrons. The first-order valence-corrected chi connectivity index (χ1v) is 6.04. The van der Waals surface area contributed by atoms with E-state index < -0.39 is 6.10 Å². The number of methoxy groups -OCH3 is 1. The van der Waals surface area contributed by atoms with Crippen molar-refractivity contribution in [1.82, 2.24) is 4.98 Å². The molecule has 1 atom stereocenters. The largest absolute Gasteiger partial charge is 0.389 e. The number of fused-ring (bicyclic) bond motifs is 1. The summed E-state index contributed by atoms with van der Waals surface area (Å²) < 4.78 is 4.85. The zero-order valence-corrected chi connectivity index (χ0v) is 10.8. The molecule has 0 saturated heterocycles. The van der Waals surface area contributed by atoms with Gasteiger partial charge in [0.05, 0.1) is 12.7 Å². The summed E-state index contributed by atoms with van der Waals surface area (Å²) in [6.07, 6.45) is -0.568. The third kappa shape index (κ3) is 3.10. The van der Waals surface area contributed by atoms with Crippen LogP contribution in [0.25, 0.3) is 10.8 Å². The lowest BCUT2D eigenvalue weighted by atomic mass is 10.2. The number of halogens is 1. The first-order valence-electron chi connectivity index (χ1n) is 5.67. The molecular formula is C13H15ClN2O2. The molecule has 1 aromatic carbocycles. The van der Waals surface area contributed by atoms with Crippen molar-refractivity contribution in [2.45, 2.75) is 6.10 Å². The van der Waals surface area contributed by atoms with Gasteiger partial charge in [0.15, 0.2) is 0 Å². The fraction of sp³-hybridized carbons (Fsp3) is 0.308. The molecule has 2 aromatic rings. The third-order valence-electron chi connectivity index (χ3n) is 2.57. The average Bonchev–Trinajstić information content (AvgIpc) is 2.37. The van der Waals surface area contributed by atoms with Gasteiger partial charge < -0.3 is 15.2 Å². The molecule has 0 bridgehead atoms. The van der Waals surface area contributed by atoms with E-state index >= 15 is 0 Å². The molecule has 0 aliphatic rings. The number of nitrogens with one attached hydrogen (secondary N) is 1. The van der Waals surface area contributed by atoms with Crippen LogP contribution in [0.3, 0.4) is 0 Å². The van der Waals surface area contributed by atoms with Crippen LogP contribution >= 0.6 is 11.6 Å². The molecule has 1 heterocycles. The Kier molecular flexibility index (Phi) is 4.36. The van der Waals surface area contributed by atoms with Gasteiger partial charge in [-0.15, -0.1) is 0 Å². The van der Waals surface area contributed by atoms with Gasteiger partial charge in [0, 0.05) is 19.0 Å². The topological polar surface area (TPSA) is 54.4 Å². The zero-order chi connectivity index (χ0) is 13.0.